The van der Waals surface area contributed by atoms with Crippen LogP contribution in [-0.4, -0.2) is 8.42 Å². The summed E-state index contributed by atoms with van der Waals surface area (Å²) in [7, 11) is -3.82. The third kappa shape index (κ3) is 3.33. The molecule has 0 atom stereocenters. The summed E-state index contributed by atoms with van der Waals surface area (Å²) in [5, 5.41) is 4.98. The van der Waals surface area contributed by atoms with Gasteiger partial charge in [0.05, 0.1) is 9.37 Å². The molecule has 2 N–H and O–H groups in total. The summed E-state index contributed by atoms with van der Waals surface area (Å²) >= 11 is 3.12. The van der Waals surface area contributed by atoms with Crippen LogP contribution in [0.25, 0.3) is 0 Å². The number of primary sulfonamides is 1. The van der Waals surface area contributed by atoms with Crippen LogP contribution in [0.15, 0.2) is 45.8 Å². The lowest BCUT2D eigenvalue weighted by atomic mass is 10.3. The van der Waals surface area contributed by atoms with E-state index >= 15 is 0 Å². The molecule has 0 bridgehead atoms. The van der Waals surface area contributed by atoms with Crippen LogP contribution < -0.4 is 9.88 Å². The minimum Gasteiger partial charge on any atom is -0.456 e. The van der Waals surface area contributed by atoms with Crippen molar-refractivity contribution < 1.29 is 21.9 Å². The van der Waals surface area contributed by atoms with Gasteiger partial charge in [-0.25, -0.2) is 22.3 Å². The zero-order valence-electron chi connectivity index (χ0n) is 9.81. The quantitative estimate of drug-likeness (QED) is 0.910. The Labute approximate surface area is 122 Å². The fourth-order valence-corrected chi connectivity index (χ4v) is 2.56. The van der Waals surface area contributed by atoms with E-state index in [1.165, 1.54) is 24.3 Å². The van der Waals surface area contributed by atoms with Gasteiger partial charge in [-0.2, -0.15) is 0 Å². The molecule has 0 aliphatic heterocycles. The van der Waals surface area contributed by atoms with Crippen LogP contribution in [0.3, 0.4) is 0 Å². The Balaban J connectivity index is 2.32. The molecule has 0 unspecified atom stereocenters. The van der Waals surface area contributed by atoms with Gasteiger partial charge in [0, 0.05) is 6.07 Å². The van der Waals surface area contributed by atoms with Crippen LogP contribution >= 0.6 is 15.9 Å². The van der Waals surface area contributed by atoms with E-state index in [1.807, 2.05) is 0 Å². The predicted octanol–water partition coefficient (Wildman–Crippen LogP) is 3.17. The smallest absolute Gasteiger partial charge is 0.238 e. The number of benzene rings is 2. The molecule has 0 amide bonds. The first-order valence-electron chi connectivity index (χ1n) is 5.22. The van der Waals surface area contributed by atoms with Crippen LogP contribution in [0.5, 0.6) is 11.5 Å². The summed E-state index contributed by atoms with van der Waals surface area (Å²) in [5.41, 5.74) is 0. The average molecular weight is 364 g/mol. The number of halogens is 3. The second-order valence-electron chi connectivity index (χ2n) is 3.82. The lowest BCUT2D eigenvalue weighted by molar-refractivity contribution is 0.459. The highest BCUT2D eigenvalue weighted by Gasteiger charge is 2.12. The molecule has 0 aromatic heterocycles. The van der Waals surface area contributed by atoms with Crippen molar-refractivity contribution in [2.24, 2.45) is 5.14 Å². The van der Waals surface area contributed by atoms with Gasteiger partial charge >= 0.3 is 0 Å². The fraction of sp³-hybridized carbons (Fsp3) is 0. The van der Waals surface area contributed by atoms with Gasteiger partial charge in [-0.1, -0.05) is 0 Å². The van der Waals surface area contributed by atoms with Crippen LogP contribution in [0, 0.1) is 11.6 Å². The molecule has 0 spiro atoms. The molecule has 106 valence electrons. The second kappa shape index (κ2) is 5.47. The molecule has 0 aliphatic rings. The molecular weight excluding hydrogens is 356 g/mol. The molecule has 0 saturated carbocycles. The normalized spacial score (nSPS) is 11.4. The Hall–Kier alpha value is -1.51. The Kier molecular flexibility index (Phi) is 4.07. The van der Waals surface area contributed by atoms with E-state index in [0.717, 1.165) is 12.1 Å². The lowest BCUT2D eigenvalue weighted by Crippen LogP contribution is -2.11. The summed E-state index contributed by atoms with van der Waals surface area (Å²) in [6, 6.07) is 6.91. The molecule has 2 aromatic carbocycles. The lowest BCUT2D eigenvalue weighted by Gasteiger charge is -2.09. The van der Waals surface area contributed by atoms with E-state index in [9.17, 15) is 17.2 Å². The molecule has 0 radical (unpaired) electrons. The number of rotatable bonds is 3. The van der Waals surface area contributed by atoms with Gasteiger partial charge in [0.15, 0.2) is 11.6 Å². The van der Waals surface area contributed by atoms with E-state index in [2.05, 4.69) is 15.9 Å². The van der Waals surface area contributed by atoms with Crippen LogP contribution in [-0.2, 0) is 10.0 Å². The Morgan fingerprint density at radius 2 is 1.75 bits per heavy atom. The highest BCUT2D eigenvalue weighted by atomic mass is 79.9. The first kappa shape index (κ1) is 14.9. The van der Waals surface area contributed by atoms with Gasteiger partial charge in [0.1, 0.15) is 11.5 Å². The third-order valence-electron chi connectivity index (χ3n) is 2.35. The van der Waals surface area contributed by atoms with Gasteiger partial charge in [-0.3, -0.25) is 0 Å². The Bertz CT molecular complexity index is 765. The Morgan fingerprint density at radius 3 is 2.30 bits per heavy atom. The maximum Gasteiger partial charge on any atom is 0.238 e. The number of hydrogen-bond donors (Lipinski definition) is 1. The summed E-state index contributed by atoms with van der Waals surface area (Å²) in [6.45, 7) is 0. The van der Waals surface area contributed by atoms with E-state index < -0.39 is 21.7 Å². The Morgan fingerprint density at radius 1 is 1.05 bits per heavy atom. The first-order valence-corrected chi connectivity index (χ1v) is 7.56. The summed E-state index contributed by atoms with van der Waals surface area (Å²) in [4.78, 5) is -0.0954. The predicted molar refractivity (Wildman–Crippen MR) is 71.9 cm³/mol. The topological polar surface area (TPSA) is 69.4 Å². The molecular formula is C12H8BrF2NO3S. The molecule has 0 heterocycles. The van der Waals surface area contributed by atoms with Gasteiger partial charge in [0.25, 0.3) is 0 Å². The number of nitrogens with two attached hydrogens (primary N) is 1. The third-order valence-corrected chi connectivity index (χ3v) is 3.88. The highest BCUT2D eigenvalue weighted by Crippen LogP contribution is 2.31. The molecule has 0 aliphatic carbocycles. The van der Waals surface area contributed by atoms with Crippen LogP contribution in [0.4, 0.5) is 8.78 Å². The van der Waals surface area contributed by atoms with Crippen LogP contribution in [0.1, 0.15) is 0 Å². The zero-order chi connectivity index (χ0) is 14.9. The first-order chi connectivity index (χ1) is 9.27. The SMILES string of the molecule is NS(=O)(=O)c1ccc(Oc2ccc(F)c(F)c2)c(Br)c1. The van der Waals surface area contributed by atoms with Gasteiger partial charge in [-0.15, -0.1) is 0 Å². The van der Waals surface area contributed by atoms with Crippen molar-refractivity contribution in [1.82, 2.24) is 0 Å². The summed E-state index contributed by atoms with van der Waals surface area (Å²) in [6.07, 6.45) is 0. The second-order valence-corrected chi connectivity index (χ2v) is 6.23. The minimum atomic E-state index is -3.82. The van der Waals surface area contributed by atoms with Crippen molar-refractivity contribution in [3.63, 3.8) is 0 Å². The van der Waals surface area contributed by atoms with Gasteiger partial charge in [-0.05, 0) is 46.3 Å². The maximum atomic E-state index is 13.0. The largest absolute Gasteiger partial charge is 0.456 e. The van der Waals surface area contributed by atoms with E-state index in [-0.39, 0.29) is 16.4 Å². The maximum absolute atomic E-state index is 13.0. The monoisotopic (exact) mass is 363 g/mol. The fourth-order valence-electron chi connectivity index (χ4n) is 1.41. The van der Waals surface area contributed by atoms with Crippen molar-refractivity contribution in [3.8, 4) is 11.5 Å². The van der Waals surface area contributed by atoms with Crippen molar-refractivity contribution in [3.05, 3.63) is 52.5 Å². The van der Waals surface area contributed by atoms with E-state index in [0.29, 0.717) is 4.47 Å². The number of ether oxygens (including phenoxy) is 1. The highest BCUT2D eigenvalue weighted by molar-refractivity contribution is 9.10. The van der Waals surface area contributed by atoms with Crippen molar-refractivity contribution in [2.45, 2.75) is 4.90 Å². The number of hydrogen-bond acceptors (Lipinski definition) is 3. The average Bonchev–Trinajstić information content (AvgIpc) is 2.35. The molecule has 2 rings (SSSR count). The van der Waals surface area contributed by atoms with E-state index in [1.54, 1.807) is 0 Å². The van der Waals surface area contributed by atoms with Crippen LogP contribution in [0.2, 0.25) is 0 Å². The summed E-state index contributed by atoms with van der Waals surface area (Å²) in [5.74, 6) is -1.71. The molecule has 8 heteroatoms. The molecule has 4 nitrogen and oxygen atoms in total. The van der Waals surface area contributed by atoms with Crippen molar-refractivity contribution in [1.29, 1.82) is 0 Å². The zero-order valence-corrected chi connectivity index (χ0v) is 12.2. The van der Waals surface area contributed by atoms with Crippen molar-refractivity contribution in [2.75, 3.05) is 0 Å². The van der Waals surface area contributed by atoms with E-state index in [4.69, 9.17) is 9.88 Å². The van der Waals surface area contributed by atoms with Gasteiger partial charge in [0.2, 0.25) is 10.0 Å². The minimum absolute atomic E-state index is 0.0768. The van der Waals surface area contributed by atoms with Gasteiger partial charge < -0.3 is 4.74 Å². The standard InChI is InChI=1S/C12H8BrF2NO3S/c13-9-6-8(20(16,17)18)2-4-12(9)19-7-1-3-10(14)11(15)5-7/h1-6H,(H2,16,17,18). The molecule has 0 saturated heterocycles. The molecule has 20 heavy (non-hydrogen) atoms. The molecule has 2 aromatic rings. The van der Waals surface area contributed by atoms with Crippen molar-refractivity contribution >= 4 is 26.0 Å². The number of sulfonamides is 1. The summed E-state index contributed by atoms with van der Waals surface area (Å²) < 4.78 is 53.8. The molecule has 0 fully saturated rings.